The highest BCUT2D eigenvalue weighted by molar-refractivity contribution is 5.72. The van der Waals surface area contributed by atoms with Crippen LogP contribution in [0.2, 0.25) is 0 Å². The minimum absolute atomic E-state index is 0.0152. The summed E-state index contributed by atoms with van der Waals surface area (Å²) in [7, 11) is 3.87. The number of rotatable bonds is 1. The molecule has 3 heteroatoms. The van der Waals surface area contributed by atoms with Gasteiger partial charge in [0.2, 0.25) is 0 Å². The lowest BCUT2D eigenvalue weighted by Crippen LogP contribution is -2.35. The van der Waals surface area contributed by atoms with Gasteiger partial charge in [-0.25, -0.2) is 0 Å². The number of benzene rings is 1. The highest BCUT2D eigenvalue weighted by atomic mass is 16.5. The van der Waals surface area contributed by atoms with E-state index in [-0.39, 0.29) is 11.5 Å². The Morgan fingerprint density at radius 1 is 1.35 bits per heavy atom. The molecule has 0 aromatic heterocycles. The van der Waals surface area contributed by atoms with Crippen LogP contribution in [0.25, 0.3) is 0 Å². The fourth-order valence-corrected chi connectivity index (χ4v) is 3.83. The quantitative estimate of drug-likeness (QED) is 0.782. The van der Waals surface area contributed by atoms with E-state index in [1.807, 2.05) is 6.07 Å². The van der Waals surface area contributed by atoms with Gasteiger partial charge in [-0.2, -0.15) is 0 Å². The third-order valence-electron chi connectivity index (χ3n) is 4.82. The van der Waals surface area contributed by atoms with Gasteiger partial charge in [-0.3, -0.25) is 0 Å². The minimum atomic E-state index is -0.0152. The molecule has 0 amide bonds. The van der Waals surface area contributed by atoms with Crippen LogP contribution in [0.1, 0.15) is 18.4 Å². The molecule has 104 valence electrons. The molecule has 0 saturated carbocycles. The lowest BCUT2D eigenvalue weighted by molar-refractivity contribution is 0.204. The van der Waals surface area contributed by atoms with Gasteiger partial charge in [-0.1, -0.05) is 18.2 Å². The maximum absolute atomic E-state index is 6.26. The topological polar surface area (TPSA) is 21.7 Å². The SMILES string of the molecule is COc1ccc2c3c1OC1C=CC=CC31CCCN2C. The molecule has 1 aromatic rings. The zero-order chi connectivity index (χ0) is 13.7. The number of hydrogen-bond acceptors (Lipinski definition) is 3. The number of ether oxygens (including phenoxy) is 2. The van der Waals surface area contributed by atoms with Gasteiger partial charge in [-0.05, 0) is 31.1 Å². The predicted octanol–water partition coefficient (Wildman–Crippen LogP) is 3.05. The third-order valence-corrected chi connectivity index (χ3v) is 4.82. The Morgan fingerprint density at radius 2 is 2.25 bits per heavy atom. The van der Waals surface area contributed by atoms with Crippen molar-refractivity contribution in [1.29, 1.82) is 0 Å². The van der Waals surface area contributed by atoms with Crippen molar-refractivity contribution in [3.05, 3.63) is 42.0 Å². The summed E-state index contributed by atoms with van der Waals surface area (Å²) in [6, 6.07) is 4.19. The molecule has 1 spiro atoms. The first kappa shape index (κ1) is 11.9. The largest absolute Gasteiger partial charge is 0.493 e. The summed E-state index contributed by atoms with van der Waals surface area (Å²) in [6.07, 6.45) is 11.1. The Bertz CT molecular complexity index is 620. The lowest BCUT2D eigenvalue weighted by Gasteiger charge is -2.31. The molecule has 0 saturated heterocycles. The Morgan fingerprint density at radius 3 is 3.10 bits per heavy atom. The maximum atomic E-state index is 6.26. The molecule has 2 unspecified atom stereocenters. The van der Waals surface area contributed by atoms with Crippen LogP contribution in [-0.4, -0.2) is 26.8 Å². The molecule has 2 aliphatic heterocycles. The van der Waals surface area contributed by atoms with Crippen molar-refractivity contribution < 1.29 is 9.47 Å². The fraction of sp³-hybridized carbons (Fsp3) is 0.412. The van der Waals surface area contributed by atoms with Gasteiger partial charge in [-0.15, -0.1) is 0 Å². The van der Waals surface area contributed by atoms with Gasteiger partial charge in [0, 0.05) is 24.8 Å². The van der Waals surface area contributed by atoms with Crippen LogP contribution < -0.4 is 14.4 Å². The van der Waals surface area contributed by atoms with Gasteiger partial charge in [0.1, 0.15) is 6.10 Å². The molecular weight excluding hydrogens is 250 g/mol. The summed E-state index contributed by atoms with van der Waals surface area (Å²) < 4.78 is 11.8. The summed E-state index contributed by atoms with van der Waals surface area (Å²) in [5.74, 6) is 1.77. The Balaban J connectivity index is 2.02. The summed E-state index contributed by atoms with van der Waals surface area (Å²) >= 11 is 0. The van der Waals surface area contributed by atoms with E-state index in [0.29, 0.717) is 0 Å². The Labute approximate surface area is 119 Å². The van der Waals surface area contributed by atoms with Gasteiger partial charge in [0.05, 0.1) is 12.5 Å². The summed E-state index contributed by atoms with van der Waals surface area (Å²) in [6.45, 7) is 1.09. The minimum Gasteiger partial charge on any atom is -0.493 e. The Kier molecular flexibility index (Phi) is 2.40. The van der Waals surface area contributed by atoms with Crippen LogP contribution in [0.3, 0.4) is 0 Å². The molecule has 0 fully saturated rings. The second-order valence-corrected chi connectivity index (χ2v) is 5.84. The highest BCUT2D eigenvalue weighted by Gasteiger charge is 2.50. The Hall–Kier alpha value is -1.90. The summed E-state index contributed by atoms with van der Waals surface area (Å²) in [4.78, 5) is 2.34. The monoisotopic (exact) mass is 269 g/mol. The van der Waals surface area contributed by atoms with E-state index in [1.54, 1.807) is 7.11 Å². The number of allylic oxidation sites excluding steroid dienone is 2. The molecule has 2 heterocycles. The van der Waals surface area contributed by atoms with Crippen molar-refractivity contribution in [2.45, 2.75) is 24.4 Å². The molecule has 3 aliphatic rings. The molecule has 0 radical (unpaired) electrons. The van der Waals surface area contributed by atoms with E-state index in [4.69, 9.17) is 9.47 Å². The molecule has 4 rings (SSSR count). The van der Waals surface area contributed by atoms with Crippen LogP contribution in [0.5, 0.6) is 11.5 Å². The standard InChI is InChI=1S/C17H19NO2/c1-18-11-5-10-17-9-4-3-6-14(17)20-16-13(19-2)8-7-12(18)15(16)17/h3-4,6-9,14H,5,10-11H2,1-2H3. The fourth-order valence-electron chi connectivity index (χ4n) is 3.83. The molecule has 2 atom stereocenters. The first-order chi connectivity index (χ1) is 9.76. The van der Waals surface area contributed by atoms with Gasteiger partial charge < -0.3 is 14.4 Å². The van der Waals surface area contributed by atoms with Crippen molar-refractivity contribution in [3.63, 3.8) is 0 Å². The van der Waals surface area contributed by atoms with Crippen molar-refractivity contribution in [1.82, 2.24) is 0 Å². The second-order valence-electron chi connectivity index (χ2n) is 5.84. The van der Waals surface area contributed by atoms with E-state index in [1.165, 1.54) is 17.7 Å². The zero-order valence-corrected chi connectivity index (χ0v) is 11.9. The van der Waals surface area contributed by atoms with Crippen molar-refractivity contribution in [2.75, 3.05) is 25.6 Å². The number of hydrogen-bond donors (Lipinski definition) is 0. The van der Waals surface area contributed by atoms with Crippen LogP contribution in [-0.2, 0) is 5.41 Å². The highest BCUT2D eigenvalue weighted by Crippen LogP contribution is 2.56. The molecular formula is C17H19NO2. The van der Waals surface area contributed by atoms with Gasteiger partial charge in [0.15, 0.2) is 11.5 Å². The van der Waals surface area contributed by atoms with E-state index < -0.39 is 0 Å². The van der Waals surface area contributed by atoms with E-state index in [2.05, 4.69) is 42.3 Å². The summed E-state index contributed by atoms with van der Waals surface area (Å²) in [5.41, 5.74) is 2.57. The van der Waals surface area contributed by atoms with E-state index >= 15 is 0 Å². The molecule has 1 aromatic carbocycles. The van der Waals surface area contributed by atoms with Crippen LogP contribution in [0, 0.1) is 0 Å². The smallest absolute Gasteiger partial charge is 0.168 e. The lowest BCUT2D eigenvalue weighted by atomic mass is 9.71. The number of nitrogens with zero attached hydrogens (tertiary/aromatic N) is 1. The number of anilines is 1. The van der Waals surface area contributed by atoms with Crippen molar-refractivity contribution in [2.24, 2.45) is 0 Å². The van der Waals surface area contributed by atoms with Crippen molar-refractivity contribution >= 4 is 5.69 Å². The second kappa shape index (κ2) is 4.05. The van der Waals surface area contributed by atoms with E-state index in [0.717, 1.165) is 24.5 Å². The normalized spacial score (nSPS) is 29.5. The summed E-state index contributed by atoms with van der Waals surface area (Å²) in [5, 5.41) is 0. The van der Waals surface area contributed by atoms with Crippen LogP contribution >= 0.6 is 0 Å². The van der Waals surface area contributed by atoms with Gasteiger partial charge >= 0.3 is 0 Å². The predicted molar refractivity (Wildman–Crippen MR) is 79.9 cm³/mol. The first-order valence-electron chi connectivity index (χ1n) is 7.21. The molecule has 20 heavy (non-hydrogen) atoms. The van der Waals surface area contributed by atoms with Gasteiger partial charge in [0.25, 0.3) is 0 Å². The molecule has 1 aliphatic carbocycles. The van der Waals surface area contributed by atoms with Crippen LogP contribution in [0.15, 0.2) is 36.4 Å². The van der Waals surface area contributed by atoms with Crippen LogP contribution in [0.4, 0.5) is 5.69 Å². The van der Waals surface area contributed by atoms with E-state index in [9.17, 15) is 0 Å². The molecule has 3 nitrogen and oxygen atoms in total. The molecule has 0 N–H and O–H groups in total. The average Bonchev–Trinajstić information content (AvgIpc) is 2.74. The zero-order valence-electron chi connectivity index (χ0n) is 11.9. The first-order valence-corrected chi connectivity index (χ1v) is 7.21. The number of methoxy groups -OCH3 is 1. The maximum Gasteiger partial charge on any atom is 0.168 e. The van der Waals surface area contributed by atoms with Crippen molar-refractivity contribution in [3.8, 4) is 11.5 Å². The third kappa shape index (κ3) is 1.35. The molecule has 0 bridgehead atoms. The average molecular weight is 269 g/mol.